The number of fused-ring (bicyclic) bond motifs is 1. The standard InChI is InChI=1S/C27H20F2N4O3S/c1-16-14-30-15-26(32-16)33-37(34,35)22-4-6-23-18(11-22)7-8-31-27(23)24-5-3-17(12-25(24)36-2)19-9-20(28)13-21(29)10-19/h3-15H,1-2H3,(H,32,33). The van der Waals surface area contributed by atoms with Gasteiger partial charge in [0.25, 0.3) is 10.0 Å². The van der Waals surface area contributed by atoms with E-state index in [-0.39, 0.29) is 10.7 Å². The fourth-order valence-electron chi connectivity index (χ4n) is 4.03. The van der Waals surface area contributed by atoms with Crippen LogP contribution in [0.15, 0.2) is 84.1 Å². The predicted molar refractivity (Wildman–Crippen MR) is 137 cm³/mol. The Morgan fingerprint density at radius 2 is 1.68 bits per heavy atom. The SMILES string of the molecule is COc1cc(-c2cc(F)cc(F)c2)ccc1-c1nccc2cc(S(=O)(=O)Nc3cncc(C)n3)ccc12. The summed E-state index contributed by atoms with van der Waals surface area (Å²) in [5, 5.41) is 1.33. The van der Waals surface area contributed by atoms with E-state index in [0.29, 0.717) is 44.6 Å². The molecule has 3 aromatic carbocycles. The van der Waals surface area contributed by atoms with E-state index in [2.05, 4.69) is 19.7 Å². The number of methoxy groups -OCH3 is 1. The van der Waals surface area contributed by atoms with Crippen LogP contribution in [0.1, 0.15) is 5.69 Å². The maximum Gasteiger partial charge on any atom is 0.263 e. The largest absolute Gasteiger partial charge is 0.496 e. The third kappa shape index (κ3) is 4.96. The van der Waals surface area contributed by atoms with E-state index in [1.807, 2.05) is 0 Å². The second-order valence-corrected chi connectivity index (χ2v) is 9.95. The van der Waals surface area contributed by atoms with Gasteiger partial charge in [-0.25, -0.2) is 22.2 Å². The maximum absolute atomic E-state index is 13.7. The van der Waals surface area contributed by atoms with Gasteiger partial charge in [0, 0.05) is 29.4 Å². The number of anilines is 1. The van der Waals surface area contributed by atoms with Gasteiger partial charge in [0.05, 0.1) is 29.6 Å². The molecule has 37 heavy (non-hydrogen) atoms. The summed E-state index contributed by atoms with van der Waals surface area (Å²) in [6.07, 6.45) is 4.43. The zero-order valence-corrected chi connectivity index (χ0v) is 20.6. The second-order valence-electron chi connectivity index (χ2n) is 8.27. The zero-order valence-electron chi connectivity index (χ0n) is 19.7. The summed E-state index contributed by atoms with van der Waals surface area (Å²) in [7, 11) is -2.42. The molecule has 0 aliphatic heterocycles. The average molecular weight is 519 g/mol. The van der Waals surface area contributed by atoms with Crippen LogP contribution < -0.4 is 9.46 Å². The molecule has 0 aliphatic carbocycles. The molecule has 0 bridgehead atoms. The summed E-state index contributed by atoms with van der Waals surface area (Å²) < 4.78 is 61.4. The molecular formula is C27H20F2N4O3S. The number of aromatic nitrogens is 3. The molecule has 0 atom stereocenters. The van der Waals surface area contributed by atoms with Gasteiger partial charge in [-0.15, -0.1) is 0 Å². The molecule has 0 spiro atoms. The number of sulfonamides is 1. The van der Waals surface area contributed by atoms with Gasteiger partial charge in [-0.3, -0.25) is 14.7 Å². The van der Waals surface area contributed by atoms with Crippen molar-refractivity contribution >= 4 is 26.6 Å². The maximum atomic E-state index is 13.7. The van der Waals surface area contributed by atoms with Gasteiger partial charge in [0.2, 0.25) is 0 Å². The number of hydrogen-bond donors (Lipinski definition) is 1. The molecule has 0 radical (unpaired) electrons. The summed E-state index contributed by atoms with van der Waals surface area (Å²) in [5.74, 6) is -0.788. The molecule has 10 heteroatoms. The number of ether oxygens (including phenoxy) is 1. The van der Waals surface area contributed by atoms with Crippen LogP contribution in [-0.4, -0.2) is 30.5 Å². The number of rotatable bonds is 6. The molecular weight excluding hydrogens is 498 g/mol. The zero-order chi connectivity index (χ0) is 26.2. The highest BCUT2D eigenvalue weighted by molar-refractivity contribution is 7.92. The molecule has 0 saturated heterocycles. The van der Waals surface area contributed by atoms with E-state index in [1.54, 1.807) is 49.5 Å². The monoisotopic (exact) mass is 518 g/mol. The average Bonchev–Trinajstić information content (AvgIpc) is 2.87. The van der Waals surface area contributed by atoms with Crippen LogP contribution >= 0.6 is 0 Å². The molecule has 186 valence electrons. The highest BCUT2D eigenvalue weighted by atomic mass is 32.2. The number of nitrogens with one attached hydrogen (secondary N) is 1. The van der Waals surface area contributed by atoms with Crippen molar-refractivity contribution in [2.24, 2.45) is 0 Å². The van der Waals surface area contributed by atoms with Crippen molar-refractivity contribution in [3.05, 3.63) is 96.6 Å². The summed E-state index contributed by atoms with van der Waals surface area (Å²) in [6.45, 7) is 1.71. The Bertz CT molecular complexity index is 1740. The molecule has 0 fully saturated rings. The number of halogens is 2. The van der Waals surface area contributed by atoms with Crippen LogP contribution in [0, 0.1) is 18.6 Å². The van der Waals surface area contributed by atoms with Gasteiger partial charge in [0.15, 0.2) is 5.82 Å². The molecule has 0 aliphatic rings. The summed E-state index contributed by atoms with van der Waals surface area (Å²) in [4.78, 5) is 12.7. The van der Waals surface area contributed by atoms with Crippen molar-refractivity contribution in [2.45, 2.75) is 11.8 Å². The van der Waals surface area contributed by atoms with Gasteiger partial charge < -0.3 is 4.74 Å². The Morgan fingerprint density at radius 1 is 0.892 bits per heavy atom. The van der Waals surface area contributed by atoms with Crippen LogP contribution in [0.5, 0.6) is 5.75 Å². The minimum atomic E-state index is -3.91. The van der Waals surface area contributed by atoms with E-state index in [9.17, 15) is 17.2 Å². The fraction of sp³-hybridized carbons (Fsp3) is 0.0741. The Balaban J connectivity index is 1.55. The summed E-state index contributed by atoms with van der Waals surface area (Å²) in [5.41, 5.74) is 2.72. The van der Waals surface area contributed by atoms with Crippen LogP contribution in [0.25, 0.3) is 33.2 Å². The summed E-state index contributed by atoms with van der Waals surface area (Å²) >= 11 is 0. The number of benzene rings is 3. The van der Waals surface area contributed by atoms with E-state index < -0.39 is 21.7 Å². The van der Waals surface area contributed by atoms with Gasteiger partial charge in [-0.2, -0.15) is 0 Å². The van der Waals surface area contributed by atoms with Gasteiger partial charge in [-0.1, -0.05) is 12.1 Å². The fourth-order valence-corrected chi connectivity index (χ4v) is 5.05. The first-order valence-corrected chi connectivity index (χ1v) is 12.6. The first-order chi connectivity index (χ1) is 17.7. The van der Waals surface area contributed by atoms with Crippen LogP contribution in [0.4, 0.5) is 14.6 Å². The van der Waals surface area contributed by atoms with E-state index in [1.165, 1.54) is 37.7 Å². The van der Waals surface area contributed by atoms with Crippen molar-refractivity contribution in [3.63, 3.8) is 0 Å². The van der Waals surface area contributed by atoms with Gasteiger partial charge in [-0.05, 0) is 65.9 Å². The smallest absolute Gasteiger partial charge is 0.263 e. The van der Waals surface area contributed by atoms with Crippen molar-refractivity contribution in [2.75, 3.05) is 11.8 Å². The van der Waals surface area contributed by atoms with Crippen LogP contribution in [0.2, 0.25) is 0 Å². The third-order valence-corrected chi connectivity index (χ3v) is 7.05. The summed E-state index contributed by atoms with van der Waals surface area (Å²) in [6, 6.07) is 14.8. The lowest BCUT2D eigenvalue weighted by Crippen LogP contribution is -2.14. The Hall–Kier alpha value is -4.44. The lowest BCUT2D eigenvalue weighted by atomic mass is 9.99. The van der Waals surface area contributed by atoms with Gasteiger partial charge in [0.1, 0.15) is 17.4 Å². The topological polar surface area (TPSA) is 94.1 Å². The normalized spacial score (nSPS) is 11.5. The predicted octanol–water partition coefficient (Wildman–Crippen LogP) is 5.75. The van der Waals surface area contributed by atoms with E-state index in [4.69, 9.17) is 4.74 Å². The molecule has 0 saturated carbocycles. The van der Waals surface area contributed by atoms with Gasteiger partial charge >= 0.3 is 0 Å². The third-order valence-electron chi connectivity index (χ3n) is 5.69. The Kier molecular flexibility index (Phi) is 6.26. The van der Waals surface area contributed by atoms with Crippen molar-refractivity contribution in [3.8, 4) is 28.1 Å². The molecule has 7 nitrogen and oxygen atoms in total. The molecule has 1 N–H and O–H groups in total. The Labute approximate surface area is 211 Å². The lowest BCUT2D eigenvalue weighted by molar-refractivity contribution is 0.416. The lowest BCUT2D eigenvalue weighted by Gasteiger charge is -2.14. The second kappa shape index (κ2) is 9.55. The highest BCUT2D eigenvalue weighted by Crippen LogP contribution is 2.37. The van der Waals surface area contributed by atoms with Crippen molar-refractivity contribution in [1.29, 1.82) is 0 Å². The minimum Gasteiger partial charge on any atom is -0.496 e. The first kappa shape index (κ1) is 24.3. The van der Waals surface area contributed by atoms with Crippen molar-refractivity contribution in [1.82, 2.24) is 15.0 Å². The molecule has 0 amide bonds. The highest BCUT2D eigenvalue weighted by Gasteiger charge is 2.18. The Morgan fingerprint density at radius 3 is 2.41 bits per heavy atom. The van der Waals surface area contributed by atoms with E-state index >= 15 is 0 Å². The minimum absolute atomic E-state index is 0.0518. The quantitative estimate of drug-likeness (QED) is 0.307. The molecule has 2 aromatic heterocycles. The molecule has 5 aromatic rings. The molecule has 2 heterocycles. The number of aryl methyl sites for hydroxylation is 1. The number of nitrogens with zero attached hydrogens (tertiary/aromatic N) is 3. The number of hydrogen-bond acceptors (Lipinski definition) is 6. The first-order valence-electron chi connectivity index (χ1n) is 11.1. The van der Waals surface area contributed by atoms with E-state index in [0.717, 1.165) is 6.07 Å². The van der Waals surface area contributed by atoms with Crippen LogP contribution in [-0.2, 0) is 10.0 Å². The molecule has 0 unspecified atom stereocenters. The molecule has 5 rings (SSSR count). The van der Waals surface area contributed by atoms with Crippen molar-refractivity contribution < 1.29 is 21.9 Å². The number of pyridine rings is 1. The van der Waals surface area contributed by atoms with Crippen LogP contribution in [0.3, 0.4) is 0 Å².